The van der Waals surface area contributed by atoms with Crippen LogP contribution in [0.2, 0.25) is 0 Å². The third-order valence-corrected chi connectivity index (χ3v) is 4.56. The fourth-order valence-corrected chi connectivity index (χ4v) is 3.23. The van der Waals surface area contributed by atoms with Crippen molar-refractivity contribution in [2.45, 2.75) is 19.6 Å². The van der Waals surface area contributed by atoms with Gasteiger partial charge < -0.3 is 18.8 Å². The van der Waals surface area contributed by atoms with Gasteiger partial charge in [0.05, 0.1) is 31.1 Å². The monoisotopic (exact) mass is 368 g/mol. The van der Waals surface area contributed by atoms with Crippen LogP contribution in [0.3, 0.4) is 0 Å². The molecule has 0 atom stereocenters. The van der Waals surface area contributed by atoms with Crippen molar-refractivity contribution >= 4 is 5.91 Å². The maximum Gasteiger partial charge on any atom is 0.258 e. The maximum atomic E-state index is 13.1. The number of carbonyl (C=O) groups is 1. The molecule has 1 amide bonds. The Morgan fingerprint density at radius 2 is 2.26 bits per heavy atom. The number of rotatable bonds is 5. The standard InChI is InChI=1S/C19H20N4O4/c1-25-11-17-21-15-10-23(7-6-16(15)27-17)19(24)14-9-20-22-18(14)12-4-3-5-13(8-12)26-2/h3-5,8-9H,6-7,10-11H2,1-2H3,(H,20,22). The fourth-order valence-electron chi connectivity index (χ4n) is 3.23. The first kappa shape index (κ1) is 17.3. The van der Waals surface area contributed by atoms with Crippen molar-refractivity contribution in [2.24, 2.45) is 0 Å². The van der Waals surface area contributed by atoms with E-state index in [1.807, 2.05) is 24.3 Å². The van der Waals surface area contributed by atoms with Crippen LogP contribution in [-0.4, -0.2) is 46.8 Å². The van der Waals surface area contributed by atoms with Gasteiger partial charge in [-0.15, -0.1) is 0 Å². The molecule has 2 aromatic heterocycles. The van der Waals surface area contributed by atoms with E-state index in [2.05, 4.69) is 15.2 Å². The molecule has 3 aromatic rings. The van der Waals surface area contributed by atoms with Gasteiger partial charge in [-0.05, 0) is 12.1 Å². The van der Waals surface area contributed by atoms with Crippen LogP contribution < -0.4 is 4.74 Å². The number of nitrogens with one attached hydrogen (secondary N) is 1. The summed E-state index contributed by atoms with van der Waals surface area (Å²) in [4.78, 5) is 19.3. The molecule has 27 heavy (non-hydrogen) atoms. The first-order chi connectivity index (χ1) is 13.2. The van der Waals surface area contributed by atoms with Crippen LogP contribution in [0.15, 0.2) is 34.9 Å². The lowest BCUT2D eigenvalue weighted by Gasteiger charge is -2.25. The Morgan fingerprint density at radius 1 is 1.37 bits per heavy atom. The predicted molar refractivity (Wildman–Crippen MR) is 96.2 cm³/mol. The lowest BCUT2D eigenvalue weighted by atomic mass is 10.1. The smallest absolute Gasteiger partial charge is 0.258 e. The molecule has 8 heteroatoms. The van der Waals surface area contributed by atoms with Crippen molar-refractivity contribution in [2.75, 3.05) is 20.8 Å². The average molecular weight is 368 g/mol. The molecule has 0 aliphatic carbocycles. The molecular formula is C19H20N4O4. The third-order valence-electron chi connectivity index (χ3n) is 4.56. The molecule has 1 aliphatic rings. The number of benzene rings is 1. The van der Waals surface area contributed by atoms with Gasteiger partial charge in [0, 0.05) is 25.6 Å². The zero-order chi connectivity index (χ0) is 18.8. The van der Waals surface area contributed by atoms with E-state index in [-0.39, 0.29) is 5.91 Å². The summed E-state index contributed by atoms with van der Waals surface area (Å²) in [5.41, 5.74) is 2.82. The van der Waals surface area contributed by atoms with Crippen LogP contribution in [0.1, 0.15) is 27.7 Å². The number of oxazole rings is 1. The van der Waals surface area contributed by atoms with E-state index in [9.17, 15) is 4.79 Å². The molecule has 0 unspecified atom stereocenters. The highest BCUT2D eigenvalue weighted by atomic mass is 16.5. The summed E-state index contributed by atoms with van der Waals surface area (Å²) in [5.74, 6) is 1.99. The molecule has 1 N–H and O–H groups in total. The van der Waals surface area contributed by atoms with Gasteiger partial charge in [0.25, 0.3) is 5.91 Å². The van der Waals surface area contributed by atoms with Gasteiger partial charge in [0.2, 0.25) is 5.89 Å². The molecule has 1 aromatic carbocycles. The van der Waals surface area contributed by atoms with E-state index in [4.69, 9.17) is 13.9 Å². The summed E-state index contributed by atoms with van der Waals surface area (Å²) < 4.78 is 16.0. The Balaban J connectivity index is 1.58. The zero-order valence-electron chi connectivity index (χ0n) is 15.2. The van der Waals surface area contributed by atoms with Gasteiger partial charge in [0.15, 0.2) is 0 Å². The molecule has 140 valence electrons. The minimum absolute atomic E-state index is 0.0940. The number of aromatic amines is 1. The Morgan fingerprint density at radius 3 is 3.07 bits per heavy atom. The van der Waals surface area contributed by atoms with Crippen molar-refractivity contribution in [1.29, 1.82) is 0 Å². The van der Waals surface area contributed by atoms with Gasteiger partial charge in [0.1, 0.15) is 23.8 Å². The first-order valence-corrected chi connectivity index (χ1v) is 8.63. The van der Waals surface area contributed by atoms with E-state index >= 15 is 0 Å². The average Bonchev–Trinajstić information content (AvgIpc) is 3.33. The highest BCUT2D eigenvalue weighted by molar-refractivity contribution is 5.99. The number of amides is 1. The van der Waals surface area contributed by atoms with E-state index in [1.54, 1.807) is 25.3 Å². The number of H-pyrrole nitrogens is 1. The lowest BCUT2D eigenvalue weighted by molar-refractivity contribution is 0.0728. The van der Waals surface area contributed by atoms with Crippen molar-refractivity contribution in [1.82, 2.24) is 20.1 Å². The summed E-state index contributed by atoms with van der Waals surface area (Å²) in [6.07, 6.45) is 2.19. The first-order valence-electron chi connectivity index (χ1n) is 8.63. The third kappa shape index (κ3) is 3.31. The molecule has 0 spiro atoms. The van der Waals surface area contributed by atoms with E-state index in [1.165, 1.54) is 0 Å². The predicted octanol–water partition coefficient (Wildman–Crippen LogP) is 2.42. The molecule has 8 nitrogen and oxygen atoms in total. The molecule has 0 saturated heterocycles. The lowest BCUT2D eigenvalue weighted by Crippen LogP contribution is -2.35. The molecule has 4 rings (SSSR count). The Hall–Kier alpha value is -3.13. The van der Waals surface area contributed by atoms with Crippen molar-refractivity contribution in [3.63, 3.8) is 0 Å². The van der Waals surface area contributed by atoms with Gasteiger partial charge in [-0.25, -0.2) is 4.98 Å². The Labute approximate surface area is 156 Å². The molecule has 3 heterocycles. The van der Waals surface area contributed by atoms with Crippen LogP contribution >= 0.6 is 0 Å². The number of carbonyl (C=O) groups excluding carboxylic acids is 1. The maximum absolute atomic E-state index is 13.1. The summed E-state index contributed by atoms with van der Waals surface area (Å²) >= 11 is 0. The summed E-state index contributed by atoms with van der Waals surface area (Å²) in [6.45, 7) is 1.29. The molecule has 0 radical (unpaired) electrons. The largest absolute Gasteiger partial charge is 0.497 e. The zero-order valence-corrected chi connectivity index (χ0v) is 15.2. The van der Waals surface area contributed by atoms with Crippen molar-refractivity contribution in [3.05, 3.63) is 53.4 Å². The number of fused-ring (bicyclic) bond motifs is 1. The van der Waals surface area contributed by atoms with Gasteiger partial charge in [-0.3, -0.25) is 9.89 Å². The van der Waals surface area contributed by atoms with Crippen LogP contribution in [0, 0.1) is 0 Å². The van der Waals surface area contributed by atoms with Gasteiger partial charge in [-0.1, -0.05) is 12.1 Å². The Bertz CT molecular complexity index is 962. The molecular weight excluding hydrogens is 348 g/mol. The van der Waals surface area contributed by atoms with Crippen LogP contribution in [0.25, 0.3) is 11.3 Å². The number of nitrogens with zero attached hydrogens (tertiary/aromatic N) is 3. The number of hydrogen-bond donors (Lipinski definition) is 1. The second kappa shape index (κ2) is 7.24. The number of methoxy groups -OCH3 is 2. The van der Waals surface area contributed by atoms with Gasteiger partial charge >= 0.3 is 0 Å². The van der Waals surface area contributed by atoms with Crippen LogP contribution in [0.4, 0.5) is 0 Å². The van der Waals surface area contributed by atoms with E-state index in [0.717, 1.165) is 22.8 Å². The highest BCUT2D eigenvalue weighted by Gasteiger charge is 2.28. The minimum atomic E-state index is -0.0940. The normalized spacial score (nSPS) is 13.5. The highest BCUT2D eigenvalue weighted by Crippen LogP contribution is 2.27. The SMILES string of the molecule is COCc1nc2c(o1)CCN(C(=O)c1cn[nH]c1-c1cccc(OC)c1)C2. The molecule has 0 saturated carbocycles. The second-order valence-corrected chi connectivity index (χ2v) is 6.28. The topological polar surface area (TPSA) is 93.5 Å². The van der Waals surface area contributed by atoms with Crippen LogP contribution in [0.5, 0.6) is 5.75 Å². The Kier molecular flexibility index (Phi) is 4.64. The summed E-state index contributed by atoms with van der Waals surface area (Å²) in [5, 5.41) is 7.01. The molecule has 1 aliphatic heterocycles. The van der Waals surface area contributed by atoms with E-state index in [0.29, 0.717) is 43.3 Å². The number of ether oxygens (including phenoxy) is 2. The summed E-state index contributed by atoms with van der Waals surface area (Å²) in [7, 11) is 3.21. The number of hydrogen-bond acceptors (Lipinski definition) is 6. The second-order valence-electron chi connectivity index (χ2n) is 6.28. The van der Waals surface area contributed by atoms with Crippen LogP contribution in [-0.2, 0) is 24.3 Å². The van der Waals surface area contributed by atoms with Crippen molar-refractivity contribution < 1.29 is 18.7 Å². The van der Waals surface area contributed by atoms with Gasteiger partial charge in [-0.2, -0.15) is 5.10 Å². The summed E-state index contributed by atoms with van der Waals surface area (Å²) in [6, 6.07) is 7.52. The molecule has 0 bridgehead atoms. The van der Waals surface area contributed by atoms with Crippen molar-refractivity contribution in [3.8, 4) is 17.0 Å². The fraction of sp³-hybridized carbons (Fsp3) is 0.316. The van der Waals surface area contributed by atoms with E-state index < -0.39 is 0 Å². The quantitative estimate of drug-likeness (QED) is 0.743. The molecule has 0 fully saturated rings. The number of aromatic nitrogens is 3. The minimum Gasteiger partial charge on any atom is -0.497 e.